The highest BCUT2D eigenvalue weighted by Crippen LogP contribution is 2.50. The average Bonchev–Trinajstić information content (AvgIpc) is 3.21. The van der Waals surface area contributed by atoms with Crippen LogP contribution in [-0.2, 0) is 15.8 Å². The summed E-state index contributed by atoms with van der Waals surface area (Å²) >= 11 is 0. The third-order valence-electron chi connectivity index (χ3n) is 5.05. The van der Waals surface area contributed by atoms with Crippen molar-refractivity contribution in [3.63, 3.8) is 0 Å². The summed E-state index contributed by atoms with van der Waals surface area (Å²) in [5.41, 5.74) is -1.13. The minimum Gasteiger partial charge on any atom is -0.481 e. The molecule has 3 rings (SSSR count). The number of aliphatic carboxylic acids is 1. The van der Waals surface area contributed by atoms with E-state index in [1.165, 1.54) is 11.0 Å². The second-order valence-corrected chi connectivity index (χ2v) is 6.95. The molecule has 1 heterocycles. The number of hydrogen-bond donors (Lipinski definition) is 1. The largest absolute Gasteiger partial charge is 0.481 e. The number of amides is 1. The first-order chi connectivity index (χ1) is 11.1. The van der Waals surface area contributed by atoms with Crippen LogP contribution in [0.1, 0.15) is 36.8 Å². The summed E-state index contributed by atoms with van der Waals surface area (Å²) in [6.07, 6.45) is -3.49. The molecule has 4 nitrogen and oxygen atoms in total. The third-order valence-corrected chi connectivity index (χ3v) is 5.05. The maximum atomic E-state index is 12.8. The zero-order valence-corrected chi connectivity index (χ0v) is 13.1. The van der Waals surface area contributed by atoms with Gasteiger partial charge in [-0.05, 0) is 37.3 Å². The van der Waals surface area contributed by atoms with Crippen LogP contribution >= 0.6 is 0 Å². The topological polar surface area (TPSA) is 57.6 Å². The van der Waals surface area contributed by atoms with E-state index in [1.807, 2.05) is 0 Å². The number of rotatable bonds is 3. The van der Waals surface area contributed by atoms with Crippen LogP contribution in [0.2, 0.25) is 0 Å². The summed E-state index contributed by atoms with van der Waals surface area (Å²) in [4.78, 5) is 25.3. The molecule has 3 unspecified atom stereocenters. The SMILES string of the molecule is CC1(C(=O)O)CCN(C(=O)C2CC2c2cccc(C(F)(F)F)c2)C1. The van der Waals surface area contributed by atoms with Crippen molar-refractivity contribution in [3.8, 4) is 0 Å². The number of likely N-dealkylation sites (tertiary alicyclic amines) is 1. The molecule has 0 radical (unpaired) electrons. The van der Waals surface area contributed by atoms with Crippen LogP contribution in [0.15, 0.2) is 24.3 Å². The molecule has 3 atom stereocenters. The van der Waals surface area contributed by atoms with Crippen molar-refractivity contribution >= 4 is 11.9 Å². The molecule has 1 aliphatic carbocycles. The zero-order chi connectivity index (χ0) is 17.7. The molecule has 1 aromatic rings. The molecule has 0 aromatic heterocycles. The van der Waals surface area contributed by atoms with Crippen molar-refractivity contribution in [2.75, 3.05) is 13.1 Å². The quantitative estimate of drug-likeness (QED) is 0.919. The van der Waals surface area contributed by atoms with Gasteiger partial charge in [-0.2, -0.15) is 13.2 Å². The van der Waals surface area contributed by atoms with Gasteiger partial charge in [-0.25, -0.2) is 0 Å². The Labute approximate surface area is 137 Å². The predicted molar refractivity (Wildman–Crippen MR) is 79.2 cm³/mol. The van der Waals surface area contributed by atoms with Gasteiger partial charge in [0.05, 0.1) is 11.0 Å². The van der Waals surface area contributed by atoms with Gasteiger partial charge in [-0.15, -0.1) is 0 Å². The Morgan fingerprint density at radius 2 is 2.04 bits per heavy atom. The van der Waals surface area contributed by atoms with E-state index in [-0.39, 0.29) is 24.3 Å². The number of benzene rings is 1. The molecule has 7 heteroatoms. The van der Waals surface area contributed by atoms with E-state index in [1.54, 1.807) is 13.0 Å². The van der Waals surface area contributed by atoms with Crippen LogP contribution in [0.4, 0.5) is 13.2 Å². The standard InChI is InChI=1S/C17H18F3NO3/c1-16(15(23)24)5-6-21(9-16)14(22)13-8-12(13)10-3-2-4-11(7-10)17(18,19)20/h2-4,7,12-13H,5-6,8-9H2,1H3,(H,23,24). The number of carbonyl (C=O) groups excluding carboxylic acids is 1. The van der Waals surface area contributed by atoms with Crippen molar-refractivity contribution in [2.24, 2.45) is 11.3 Å². The molecule has 1 aliphatic heterocycles. The fraction of sp³-hybridized carbons (Fsp3) is 0.529. The monoisotopic (exact) mass is 341 g/mol. The second-order valence-electron chi connectivity index (χ2n) is 6.95. The summed E-state index contributed by atoms with van der Waals surface area (Å²) in [6, 6.07) is 5.08. The van der Waals surface area contributed by atoms with Gasteiger partial charge in [-0.1, -0.05) is 18.2 Å². The van der Waals surface area contributed by atoms with Gasteiger partial charge in [0, 0.05) is 19.0 Å². The second kappa shape index (κ2) is 5.50. The number of hydrogen-bond acceptors (Lipinski definition) is 2. The van der Waals surface area contributed by atoms with Crippen molar-refractivity contribution < 1.29 is 27.9 Å². The Morgan fingerprint density at radius 1 is 1.33 bits per heavy atom. The summed E-state index contributed by atoms with van der Waals surface area (Å²) < 4.78 is 38.4. The lowest BCUT2D eigenvalue weighted by atomic mass is 9.90. The molecule has 1 saturated carbocycles. The Balaban J connectivity index is 1.68. The minimum absolute atomic E-state index is 0.151. The molecule has 0 bridgehead atoms. The summed E-state index contributed by atoms with van der Waals surface area (Å²) in [6.45, 7) is 2.15. The number of carboxylic acids is 1. The van der Waals surface area contributed by atoms with Crippen LogP contribution in [0.25, 0.3) is 0 Å². The van der Waals surface area contributed by atoms with Crippen molar-refractivity contribution in [2.45, 2.75) is 31.9 Å². The van der Waals surface area contributed by atoms with E-state index in [9.17, 15) is 27.9 Å². The van der Waals surface area contributed by atoms with Gasteiger partial charge in [0.25, 0.3) is 0 Å². The number of halogens is 3. The number of alkyl halides is 3. The Hall–Kier alpha value is -2.05. The van der Waals surface area contributed by atoms with Gasteiger partial charge in [-0.3, -0.25) is 9.59 Å². The Morgan fingerprint density at radius 3 is 2.62 bits per heavy atom. The molecule has 2 fully saturated rings. The van der Waals surface area contributed by atoms with Crippen LogP contribution in [0, 0.1) is 11.3 Å². The van der Waals surface area contributed by atoms with E-state index in [0.29, 0.717) is 24.9 Å². The number of carboxylic acid groups (broad SMARTS) is 1. The molecular formula is C17H18F3NO3. The van der Waals surface area contributed by atoms with Gasteiger partial charge in [0.15, 0.2) is 0 Å². The number of nitrogens with zero attached hydrogens (tertiary/aromatic N) is 1. The van der Waals surface area contributed by atoms with Crippen molar-refractivity contribution in [1.29, 1.82) is 0 Å². The van der Waals surface area contributed by atoms with E-state index in [4.69, 9.17) is 0 Å². The highest BCUT2D eigenvalue weighted by atomic mass is 19.4. The summed E-state index contributed by atoms with van der Waals surface area (Å²) in [5.74, 6) is -1.63. The minimum atomic E-state index is -4.40. The maximum Gasteiger partial charge on any atom is 0.416 e. The van der Waals surface area contributed by atoms with Gasteiger partial charge < -0.3 is 10.0 Å². The lowest BCUT2D eigenvalue weighted by molar-refractivity contribution is -0.147. The van der Waals surface area contributed by atoms with Crippen LogP contribution in [0.5, 0.6) is 0 Å². The Bertz CT molecular complexity index is 688. The fourth-order valence-electron chi connectivity index (χ4n) is 3.34. The van der Waals surface area contributed by atoms with Crippen molar-refractivity contribution in [3.05, 3.63) is 35.4 Å². The molecule has 0 spiro atoms. The maximum absolute atomic E-state index is 12.8. The van der Waals surface area contributed by atoms with Gasteiger partial charge in [0.1, 0.15) is 0 Å². The normalized spacial score (nSPS) is 29.6. The first-order valence-electron chi connectivity index (χ1n) is 7.81. The highest BCUT2D eigenvalue weighted by molar-refractivity contribution is 5.85. The molecule has 24 heavy (non-hydrogen) atoms. The first kappa shape index (κ1) is 16.8. The van der Waals surface area contributed by atoms with Gasteiger partial charge in [0.2, 0.25) is 5.91 Å². The molecule has 2 aliphatic rings. The lowest BCUT2D eigenvalue weighted by Gasteiger charge is -2.20. The van der Waals surface area contributed by atoms with E-state index < -0.39 is 23.1 Å². The molecule has 1 saturated heterocycles. The summed E-state index contributed by atoms with van der Waals surface area (Å²) in [5, 5.41) is 9.22. The van der Waals surface area contributed by atoms with Crippen LogP contribution in [-0.4, -0.2) is 35.0 Å². The Kier molecular flexibility index (Phi) is 3.85. The molecule has 1 amide bonds. The molecule has 1 N–H and O–H groups in total. The van der Waals surface area contributed by atoms with Gasteiger partial charge >= 0.3 is 12.1 Å². The molecular weight excluding hydrogens is 323 g/mol. The fourth-order valence-corrected chi connectivity index (χ4v) is 3.34. The van der Waals surface area contributed by atoms with E-state index in [0.717, 1.165) is 12.1 Å². The van der Waals surface area contributed by atoms with E-state index in [2.05, 4.69) is 0 Å². The number of carbonyl (C=O) groups is 2. The highest BCUT2D eigenvalue weighted by Gasteiger charge is 2.50. The van der Waals surface area contributed by atoms with E-state index >= 15 is 0 Å². The van der Waals surface area contributed by atoms with Crippen molar-refractivity contribution in [1.82, 2.24) is 4.90 Å². The first-order valence-corrected chi connectivity index (χ1v) is 7.81. The smallest absolute Gasteiger partial charge is 0.416 e. The predicted octanol–water partition coefficient (Wildman–Crippen LogP) is 3.13. The average molecular weight is 341 g/mol. The third kappa shape index (κ3) is 2.99. The summed E-state index contributed by atoms with van der Waals surface area (Å²) in [7, 11) is 0. The lowest BCUT2D eigenvalue weighted by Crippen LogP contribution is -2.35. The molecule has 130 valence electrons. The van der Waals surface area contributed by atoms with Crippen LogP contribution in [0.3, 0.4) is 0 Å². The zero-order valence-electron chi connectivity index (χ0n) is 13.1. The van der Waals surface area contributed by atoms with Crippen LogP contribution < -0.4 is 0 Å². The molecule has 1 aromatic carbocycles.